The van der Waals surface area contributed by atoms with E-state index in [9.17, 15) is 8.42 Å². The van der Waals surface area contributed by atoms with Crippen molar-refractivity contribution in [2.45, 2.75) is 49.2 Å². The van der Waals surface area contributed by atoms with Gasteiger partial charge in [0, 0.05) is 19.0 Å². The Kier molecular flexibility index (Phi) is 4.62. The first kappa shape index (κ1) is 18.1. The quantitative estimate of drug-likeness (QED) is 0.596. The topological polar surface area (TPSA) is 111 Å². The third-order valence-corrected chi connectivity index (χ3v) is 7.51. The summed E-state index contributed by atoms with van der Waals surface area (Å²) in [5, 5.41) is 3.95. The largest absolute Gasteiger partial charge is 0.369 e. The maximum atomic E-state index is 13.2. The van der Waals surface area contributed by atoms with Crippen LogP contribution in [0.4, 0.5) is 0 Å². The van der Waals surface area contributed by atoms with Gasteiger partial charge in [-0.3, -0.25) is 0 Å². The second kappa shape index (κ2) is 7.14. The first-order chi connectivity index (χ1) is 13.6. The monoisotopic (exact) mass is 421 g/mol. The van der Waals surface area contributed by atoms with Crippen molar-refractivity contribution in [1.82, 2.24) is 23.2 Å². The summed E-state index contributed by atoms with van der Waals surface area (Å²) < 4.78 is 47.2. The number of fused-ring (bicyclic) bond motifs is 1. The molecule has 0 bridgehead atoms. The Labute approximate surface area is 166 Å². The molecule has 0 spiro atoms. The fraction of sp³-hybridized carbons (Fsp3) is 0.529. The Hall–Kier alpha value is -1.95. The zero-order valence-corrected chi connectivity index (χ0v) is 16.7. The minimum absolute atomic E-state index is 0.201. The van der Waals surface area contributed by atoms with Gasteiger partial charge < -0.3 is 9.26 Å². The Balaban J connectivity index is 1.28. The molecule has 1 aromatic carbocycles. The highest BCUT2D eigenvalue weighted by Gasteiger charge is 2.33. The summed E-state index contributed by atoms with van der Waals surface area (Å²) in [6.45, 7) is 0.980. The van der Waals surface area contributed by atoms with Gasteiger partial charge in [-0.1, -0.05) is 11.2 Å². The third kappa shape index (κ3) is 3.43. The molecule has 1 saturated heterocycles. The summed E-state index contributed by atoms with van der Waals surface area (Å²) in [5.41, 5.74) is 1.02. The van der Waals surface area contributed by atoms with Crippen molar-refractivity contribution in [2.24, 2.45) is 0 Å². The van der Waals surface area contributed by atoms with Crippen molar-refractivity contribution in [3.63, 3.8) is 0 Å². The average molecular weight is 422 g/mol. The molecule has 5 rings (SSSR count). The maximum absolute atomic E-state index is 13.2. The summed E-state index contributed by atoms with van der Waals surface area (Å²) >= 11 is 1.01. The van der Waals surface area contributed by atoms with E-state index in [1.807, 2.05) is 0 Å². The Morgan fingerprint density at radius 1 is 1.25 bits per heavy atom. The molecule has 148 valence electrons. The van der Waals surface area contributed by atoms with Crippen LogP contribution in [0, 0.1) is 0 Å². The van der Waals surface area contributed by atoms with E-state index in [2.05, 4.69) is 18.9 Å². The number of nitrogens with zero attached hydrogens (tertiary/aromatic N) is 5. The fourth-order valence-corrected chi connectivity index (χ4v) is 5.67. The number of aromatic nitrogens is 4. The molecule has 0 radical (unpaired) electrons. The normalized spacial score (nSPS) is 21.4. The van der Waals surface area contributed by atoms with Gasteiger partial charge in [0.1, 0.15) is 22.5 Å². The molecule has 1 aliphatic carbocycles. The molecule has 9 nitrogen and oxygen atoms in total. The van der Waals surface area contributed by atoms with Crippen molar-refractivity contribution in [2.75, 3.05) is 13.1 Å². The van der Waals surface area contributed by atoms with Gasteiger partial charge in [0.2, 0.25) is 15.9 Å². The van der Waals surface area contributed by atoms with E-state index in [-0.39, 0.29) is 17.6 Å². The van der Waals surface area contributed by atoms with Crippen LogP contribution in [0.1, 0.15) is 43.3 Å². The van der Waals surface area contributed by atoms with Crippen molar-refractivity contribution < 1.29 is 17.7 Å². The van der Waals surface area contributed by atoms with Crippen LogP contribution in [-0.2, 0) is 21.4 Å². The van der Waals surface area contributed by atoms with Gasteiger partial charge in [-0.2, -0.15) is 18.0 Å². The van der Waals surface area contributed by atoms with E-state index >= 15 is 0 Å². The van der Waals surface area contributed by atoms with Gasteiger partial charge in [-0.25, -0.2) is 8.42 Å². The molecule has 3 aromatic rings. The number of piperidine rings is 1. The van der Waals surface area contributed by atoms with E-state index in [0.717, 1.165) is 37.4 Å². The Morgan fingerprint density at radius 3 is 3.00 bits per heavy atom. The highest BCUT2D eigenvalue weighted by molar-refractivity contribution is 7.89. The Morgan fingerprint density at radius 2 is 2.14 bits per heavy atom. The van der Waals surface area contributed by atoms with Gasteiger partial charge in [0.15, 0.2) is 5.82 Å². The van der Waals surface area contributed by atoms with Gasteiger partial charge in [-0.05, 0) is 37.8 Å². The molecule has 2 aromatic heterocycles. The minimum atomic E-state index is -3.67. The predicted octanol–water partition coefficient (Wildman–Crippen LogP) is 2.32. The molecule has 0 amide bonds. The van der Waals surface area contributed by atoms with Gasteiger partial charge in [-0.15, -0.1) is 0 Å². The molecule has 3 heterocycles. The lowest BCUT2D eigenvalue weighted by Crippen LogP contribution is -2.43. The maximum Gasteiger partial charge on any atom is 0.245 e. The second-order valence-corrected chi connectivity index (χ2v) is 9.58. The minimum Gasteiger partial charge on any atom is -0.369 e. The fourth-order valence-electron chi connectivity index (χ4n) is 3.40. The van der Waals surface area contributed by atoms with Crippen LogP contribution in [0.5, 0.6) is 0 Å². The number of benzene rings is 1. The summed E-state index contributed by atoms with van der Waals surface area (Å²) in [7, 11) is -3.67. The molecular weight excluding hydrogens is 402 g/mol. The van der Waals surface area contributed by atoms with E-state index in [1.54, 1.807) is 18.2 Å². The molecule has 1 aliphatic heterocycles. The predicted molar refractivity (Wildman–Crippen MR) is 100 cm³/mol. The van der Waals surface area contributed by atoms with Crippen LogP contribution >= 0.6 is 11.7 Å². The van der Waals surface area contributed by atoms with E-state index in [4.69, 9.17) is 9.26 Å². The molecular formula is C17H19N5O4S2. The smallest absolute Gasteiger partial charge is 0.245 e. The number of sulfonamides is 1. The van der Waals surface area contributed by atoms with Crippen molar-refractivity contribution in [3.8, 4) is 0 Å². The summed E-state index contributed by atoms with van der Waals surface area (Å²) in [6.07, 6.45) is 3.51. The van der Waals surface area contributed by atoms with E-state index < -0.39 is 10.0 Å². The lowest BCUT2D eigenvalue weighted by molar-refractivity contribution is 0.00439. The highest BCUT2D eigenvalue weighted by Crippen LogP contribution is 2.38. The molecule has 1 saturated carbocycles. The molecule has 1 unspecified atom stereocenters. The van der Waals surface area contributed by atoms with Crippen molar-refractivity contribution in [1.29, 1.82) is 0 Å². The average Bonchev–Trinajstić information content (AvgIpc) is 3.26. The zero-order chi connectivity index (χ0) is 19.1. The number of hydrogen-bond acceptors (Lipinski definition) is 9. The number of rotatable bonds is 6. The third-order valence-electron chi connectivity index (χ3n) is 5.07. The van der Waals surface area contributed by atoms with Crippen LogP contribution in [0.3, 0.4) is 0 Å². The van der Waals surface area contributed by atoms with E-state index in [0.29, 0.717) is 41.8 Å². The molecule has 28 heavy (non-hydrogen) atoms. The van der Waals surface area contributed by atoms with Crippen LogP contribution in [0.15, 0.2) is 27.6 Å². The van der Waals surface area contributed by atoms with Gasteiger partial charge in [0.25, 0.3) is 0 Å². The molecule has 2 aliphatic rings. The zero-order valence-electron chi connectivity index (χ0n) is 15.0. The Bertz CT molecular complexity index is 1090. The van der Waals surface area contributed by atoms with Gasteiger partial charge >= 0.3 is 0 Å². The second-order valence-electron chi connectivity index (χ2n) is 7.15. The first-order valence-corrected chi connectivity index (χ1v) is 11.4. The van der Waals surface area contributed by atoms with Crippen molar-refractivity contribution >= 4 is 32.8 Å². The lowest BCUT2D eigenvalue weighted by Gasteiger charge is -2.31. The SMILES string of the molecule is O=S(=O)(c1cccc2nsnc12)N1CCCC(OCc2noc(C3CC3)n2)C1. The molecule has 1 atom stereocenters. The molecule has 11 heteroatoms. The standard InChI is InChI=1S/C17H19N5O4S2/c23-28(24,14-5-1-4-13-16(14)21-27-20-13)22-8-2-3-12(9-22)25-10-15-18-17(26-19-15)11-6-7-11/h1,4-5,11-12H,2-3,6-10H2. The number of ether oxygens (including phenoxy) is 1. The summed E-state index contributed by atoms with van der Waals surface area (Å²) in [4.78, 5) is 4.55. The lowest BCUT2D eigenvalue weighted by atomic mass is 10.1. The van der Waals surface area contributed by atoms with E-state index in [1.165, 1.54) is 4.31 Å². The van der Waals surface area contributed by atoms with Gasteiger partial charge in [0.05, 0.1) is 17.8 Å². The van der Waals surface area contributed by atoms with Crippen molar-refractivity contribution in [3.05, 3.63) is 29.9 Å². The summed E-state index contributed by atoms with van der Waals surface area (Å²) in [5.74, 6) is 1.59. The van der Waals surface area contributed by atoms with Crippen LogP contribution in [0.25, 0.3) is 11.0 Å². The van der Waals surface area contributed by atoms with Crippen LogP contribution < -0.4 is 0 Å². The van der Waals surface area contributed by atoms with Crippen LogP contribution in [-0.4, -0.2) is 50.8 Å². The molecule has 0 N–H and O–H groups in total. The highest BCUT2D eigenvalue weighted by atomic mass is 32.2. The number of hydrogen-bond donors (Lipinski definition) is 0. The van der Waals surface area contributed by atoms with Crippen LogP contribution in [0.2, 0.25) is 0 Å². The molecule has 2 fully saturated rings. The summed E-state index contributed by atoms with van der Waals surface area (Å²) in [6, 6.07) is 5.05. The first-order valence-electron chi connectivity index (χ1n) is 9.27.